The molecule has 3 aromatic rings. The zero-order chi connectivity index (χ0) is 17.6. The second-order valence-corrected chi connectivity index (χ2v) is 6.52. The topological polar surface area (TPSA) is 67.9 Å². The zero-order valence-electron chi connectivity index (χ0n) is 13.5. The molecule has 0 radical (unpaired) electrons. The van der Waals surface area contributed by atoms with Gasteiger partial charge < -0.3 is 4.74 Å². The summed E-state index contributed by atoms with van der Waals surface area (Å²) < 4.78 is 5.42. The summed E-state index contributed by atoms with van der Waals surface area (Å²) in [6.45, 7) is 2.57. The Kier molecular flexibility index (Phi) is 5.73. The number of rotatable bonds is 7. The number of carbonyl (C=O) groups excluding carboxylic acids is 1. The summed E-state index contributed by atoms with van der Waals surface area (Å²) in [6, 6.07) is 14.4. The van der Waals surface area contributed by atoms with Gasteiger partial charge in [0, 0.05) is 16.1 Å². The molecule has 5 nitrogen and oxygen atoms in total. The molecule has 0 spiro atoms. The van der Waals surface area contributed by atoms with Crippen molar-refractivity contribution in [3.05, 3.63) is 59.1 Å². The zero-order valence-corrected chi connectivity index (χ0v) is 15.1. The molecule has 7 heteroatoms. The number of Topliss-reactive ketones (excluding diaryl/α,β-unsaturated/α-hetero) is 1. The maximum Gasteiger partial charge on any atom is 0.209 e. The predicted octanol–water partition coefficient (Wildman–Crippen LogP) is 4.50. The number of aromatic amines is 1. The second-order valence-electron chi connectivity index (χ2n) is 5.14. The predicted molar refractivity (Wildman–Crippen MR) is 99.5 cm³/mol. The number of thioether (sulfide) groups is 1. The minimum Gasteiger partial charge on any atom is -0.494 e. The van der Waals surface area contributed by atoms with Crippen LogP contribution in [0.1, 0.15) is 17.3 Å². The molecule has 128 valence electrons. The Labute approximate surface area is 154 Å². The van der Waals surface area contributed by atoms with Gasteiger partial charge >= 0.3 is 0 Å². The van der Waals surface area contributed by atoms with Gasteiger partial charge in [0.05, 0.1) is 12.4 Å². The number of H-pyrrole nitrogens is 1. The Hall–Kier alpha value is -2.31. The van der Waals surface area contributed by atoms with E-state index in [1.165, 1.54) is 11.8 Å². The van der Waals surface area contributed by atoms with Gasteiger partial charge in [0.2, 0.25) is 5.16 Å². The summed E-state index contributed by atoms with van der Waals surface area (Å²) in [4.78, 5) is 16.6. The van der Waals surface area contributed by atoms with E-state index in [1.807, 2.05) is 31.2 Å². The average Bonchev–Trinajstić information content (AvgIpc) is 3.10. The first-order valence-corrected chi connectivity index (χ1v) is 9.09. The molecule has 0 aliphatic rings. The number of hydrogen-bond acceptors (Lipinski definition) is 5. The molecular weight excluding hydrogens is 358 g/mol. The van der Waals surface area contributed by atoms with Crippen molar-refractivity contribution in [1.29, 1.82) is 0 Å². The van der Waals surface area contributed by atoms with Crippen molar-refractivity contribution in [2.45, 2.75) is 12.1 Å². The smallest absolute Gasteiger partial charge is 0.209 e. The lowest BCUT2D eigenvalue weighted by molar-refractivity contribution is 0.102. The molecule has 0 aliphatic carbocycles. The largest absolute Gasteiger partial charge is 0.494 e. The van der Waals surface area contributed by atoms with Crippen LogP contribution in [0.3, 0.4) is 0 Å². The van der Waals surface area contributed by atoms with E-state index in [2.05, 4.69) is 15.2 Å². The number of nitrogens with one attached hydrogen (secondary N) is 1. The molecule has 0 aliphatic heterocycles. The molecule has 0 bridgehead atoms. The highest BCUT2D eigenvalue weighted by molar-refractivity contribution is 7.99. The Bertz CT molecular complexity index is 848. The van der Waals surface area contributed by atoms with Gasteiger partial charge in [-0.25, -0.2) is 4.98 Å². The van der Waals surface area contributed by atoms with Gasteiger partial charge in [0.25, 0.3) is 0 Å². The Morgan fingerprint density at radius 2 is 1.88 bits per heavy atom. The fourth-order valence-corrected chi connectivity index (χ4v) is 2.98. The molecule has 0 fully saturated rings. The van der Waals surface area contributed by atoms with Crippen molar-refractivity contribution >= 4 is 29.1 Å². The molecule has 1 heterocycles. The highest BCUT2D eigenvalue weighted by Gasteiger charge is 2.11. The first-order valence-electron chi connectivity index (χ1n) is 7.73. The maximum absolute atomic E-state index is 12.2. The Morgan fingerprint density at radius 1 is 1.16 bits per heavy atom. The van der Waals surface area contributed by atoms with Crippen molar-refractivity contribution in [3.63, 3.8) is 0 Å². The standard InChI is InChI=1S/C18H16ClN3O2S/c1-2-24-15-9-5-13(6-10-15)17-20-18(22-21-17)25-11-16(23)12-3-7-14(19)8-4-12/h3-10H,2,11H2,1H3,(H,20,21,22). The van der Waals surface area contributed by atoms with Gasteiger partial charge in [-0.3, -0.25) is 9.89 Å². The highest BCUT2D eigenvalue weighted by atomic mass is 35.5. The van der Waals surface area contributed by atoms with Gasteiger partial charge in [-0.05, 0) is 55.5 Å². The average molecular weight is 374 g/mol. The van der Waals surface area contributed by atoms with Crippen molar-refractivity contribution in [3.8, 4) is 17.1 Å². The van der Waals surface area contributed by atoms with E-state index in [0.717, 1.165) is 11.3 Å². The van der Waals surface area contributed by atoms with Gasteiger partial charge in [0.15, 0.2) is 11.6 Å². The van der Waals surface area contributed by atoms with Gasteiger partial charge in [-0.2, -0.15) is 0 Å². The number of benzene rings is 2. The lowest BCUT2D eigenvalue weighted by atomic mass is 10.1. The summed E-state index contributed by atoms with van der Waals surface area (Å²) in [5, 5.41) is 8.19. The van der Waals surface area contributed by atoms with E-state index in [1.54, 1.807) is 24.3 Å². The lowest BCUT2D eigenvalue weighted by Crippen LogP contribution is -2.02. The van der Waals surface area contributed by atoms with Crippen molar-refractivity contribution in [2.75, 3.05) is 12.4 Å². The van der Waals surface area contributed by atoms with Crippen LogP contribution in [0.5, 0.6) is 5.75 Å². The van der Waals surface area contributed by atoms with E-state index in [-0.39, 0.29) is 11.5 Å². The van der Waals surface area contributed by atoms with Crippen LogP contribution >= 0.6 is 23.4 Å². The molecule has 25 heavy (non-hydrogen) atoms. The fraction of sp³-hybridized carbons (Fsp3) is 0.167. The summed E-state index contributed by atoms with van der Waals surface area (Å²) in [5.41, 5.74) is 1.53. The van der Waals surface area contributed by atoms with Crippen LogP contribution in [0.2, 0.25) is 5.02 Å². The first-order chi connectivity index (χ1) is 12.2. The SMILES string of the molecule is CCOc1ccc(-c2nc(SCC(=O)c3ccc(Cl)cc3)n[nH]2)cc1. The Morgan fingerprint density at radius 3 is 2.56 bits per heavy atom. The molecule has 0 saturated heterocycles. The lowest BCUT2D eigenvalue weighted by Gasteiger charge is -2.02. The minimum absolute atomic E-state index is 0.00841. The van der Waals surface area contributed by atoms with E-state index in [0.29, 0.717) is 28.2 Å². The van der Waals surface area contributed by atoms with Crippen LogP contribution < -0.4 is 4.74 Å². The molecule has 0 amide bonds. The number of carbonyl (C=O) groups is 1. The molecule has 1 aromatic heterocycles. The molecular formula is C18H16ClN3O2S. The highest BCUT2D eigenvalue weighted by Crippen LogP contribution is 2.22. The van der Waals surface area contributed by atoms with E-state index in [9.17, 15) is 4.79 Å². The second kappa shape index (κ2) is 8.18. The normalized spacial score (nSPS) is 10.6. The molecule has 0 atom stereocenters. The summed E-state index contributed by atoms with van der Waals surface area (Å²) in [6.07, 6.45) is 0. The van der Waals surface area contributed by atoms with Crippen LogP contribution in [-0.4, -0.2) is 33.3 Å². The summed E-state index contributed by atoms with van der Waals surface area (Å²) in [5.74, 6) is 1.75. The number of ketones is 1. The van der Waals surface area contributed by atoms with Crippen molar-refractivity contribution in [2.24, 2.45) is 0 Å². The van der Waals surface area contributed by atoms with Crippen molar-refractivity contribution in [1.82, 2.24) is 15.2 Å². The van der Waals surface area contributed by atoms with Crippen LogP contribution in [0.4, 0.5) is 0 Å². The molecule has 1 N–H and O–H groups in total. The number of nitrogens with zero attached hydrogens (tertiary/aromatic N) is 2. The van der Waals surface area contributed by atoms with E-state index >= 15 is 0 Å². The maximum atomic E-state index is 12.2. The third-order valence-corrected chi connectivity index (χ3v) is 4.50. The van der Waals surface area contributed by atoms with Crippen LogP contribution in [0, 0.1) is 0 Å². The third kappa shape index (κ3) is 4.61. The summed E-state index contributed by atoms with van der Waals surface area (Å²) in [7, 11) is 0. The van der Waals surface area contributed by atoms with Crippen molar-refractivity contribution < 1.29 is 9.53 Å². The number of ether oxygens (including phenoxy) is 1. The minimum atomic E-state index is 0.00841. The van der Waals surface area contributed by atoms with Gasteiger partial charge in [-0.1, -0.05) is 23.4 Å². The van der Waals surface area contributed by atoms with Gasteiger partial charge in [0.1, 0.15) is 5.75 Å². The fourth-order valence-electron chi connectivity index (χ4n) is 2.16. The first kappa shape index (κ1) is 17.5. The summed E-state index contributed by atoms with van der Waals surface area (Å²) >= 11 is 7.12. The third-order valence-electron chi connectivity index (χ3n) is 3.40. The number of halogens is 1. The van der Waals surface area contributed by atoms with Crippen LogP contribution in [-0.2, 0) is 0 Å². The Balaban J connectivity index is 1.61. The van der Waals surface area contributed by atoms with Crippen LogP contribution in [0.15, 0.2) is 53.7 Å². The van der Waals surface area contributed by atoms with Gasteiger partial charge in [-0.15, -0.1) is 5.10 Å². The van der Waals surface area contributed by atoms with Crippen LogP contribution in [0.25, 0.3) is 11.4 Å². The molecule has 0 unspecified atom stereocenters. The van der Waals surface area contributed by atoms with E-state index in [4.69, 9.17) is 16.3 Å². The molecule has 3 rings (SSSR count). The number of hydrogen-bond donors (Lipinski definition) is 1. The van der Waals surface area contributed by atoms with E-state index < -0.39 is 0 Å². The molecule has 2 aromatic carbocycles. The monoisotopic (exact) mass is 373 g/mol. The quantitative estimate of drug-likeness (QED) is 0.488. The molecule has 0 saturated carbocycles. The number of aromatic nitrogens is 3.